The van der Waals surface area contributed by atoms with Gasteiger partial charge in [-0.1, -0.05) is 77.6 Å². The second kappa shape index (κ2) is 9.29. The van der Waals surface area contributed by atoms with E-state index in [1.807, 2.05) is 31.2 Å². The Labute approximate surface area is 190 Å². The molecule has 162 valence electrons. The number of carbonyl (C=O) groups excluding carboxylic acids is 1. The van der Waals surface area contributed by atoms with Crippen LogP contribution in [0.3, 0.4) is 0 Å². The van der Waals surface area contributed by atoms with Crippen molar-refractivity contribution in [2.24, 2.45) is 0 Å². The monoisotopic (exact) mass is 464 g/mol. The highest BCUT2D eigenvalue weighted by Gasteiger charge is 2.27. The number of anilines is 2. The Morgan fingerprint density at radius 1 is 0.906 bits per heavy atom. The van der Waals surface area contributed by atoms with Gasteiger partial charge in [0.15, 0.2) is 0 Å². The van der Waals surface area contributed by atoms with E-state index in [1.165, 1.54) is 23.5 Å². The number of aromatic nitrogens is 2. The molecular weight excluding hydrogens is 444 g/mol. The van der Waals surface area contributed by atoms with Crippen molar-refractivity contribution in [3.8, 4) is 10.6 Å². The number of benzene rings is 3. The molecule has 4 rings (SSSR count). The molecule has 7 nitrogen and oxygen atoms in total. The van der Waals surface area contributed by atoms with Gasteiger partial charge in [-0.2, -0.15) is 0 Å². The summed E-state index contributed by atoms with van der Waals surface area (Å²) in [5.41, 5.74) is 2.42. The van der Waals surface area contributed by atoms with E-state index >= 15 is 0 Å². The maximum atomic E-state index is 13.3. The lowest BCUT2D eigenvalue weighted by Crippen LogP contribution is -2.38. The number of sulfonamides is 1. The van der Waals surface area contributed by atoms with E-state index in [0.29, 0.717) is 15.8 Å². The van der Waals surface area contributed by atoms with Gasteiger partial charge in [0, 0.05) is 5.56 Å². The molecule has 0 unspecified atom stereocenters. The molecule has 1 aromatic heterocycles. The summed E-state index contributed by atoms with van der Waals surface area (Å²) < 4.78 is 27.6. The van der Waals surface area contributed by atoms with Gasteiger partial charge in [0.05, 0.1) is 10.6 Å². The summed E-state index contributed by atoms with van der Waals surface area (Å²) in [6.07, 6.45) is 0. The summed E-state index contributed by atoms with van der Waals surface area (Å²) in [4.78, 5) is 12.9. The molecule has 1 N–H and O–H groups in total. The average Bonchev–Trinajstić information content (AvgIpc) is 3.27. The first-order valence-corrected chi connectivity index (χ1v) is 12.0. The second-order valence-electron chi connectivity index (χ2n) is 6.99. The van der Waals surface area contributed by atoms with Crippen LogP contribution in [0.2, 0.25) is 0 Å². The SMILES string of the molecule is Cc1ccc(-c2nnc(NC(=O)CN(c3ccccc3)S(=O)(=O)c3ccccc3)s2)cc1. The Kier molecular flexibility index (Phi) is 6.29. The zero-order valence-corrected chi connectivity index (χ0v) is 18.8. The molecule has 32 heavy (non-hydrogen) atoms. The largest absolute Gasteiger partial charge is 0.299 e. The third-order valence-electron chi connectivity index (χ3n) is 4.63. The van der Waals surface area contributed by atoms with Crippen LogP contribution in [0, 0.1) is 6.92 Å². The molecule has 0 saturated carbocycles. The van der Waals surface area contributed by atoms with Crippen molar-refractivity contribution in [3.05, 3.63) is 90.5 Å². The Bertz CT molecular complexity index is 1310. The van der Waals surface area contributed by atoms with Crippen LogP contribution in [0.4, 0.5) is 10.8 Å². The lowest BCUT2D eigenvalue weighted by atomic mass is 10.2. The molecule has 0 aliphatic rings. The fourth-order valence-corrected chi connectivity index (χ4v) is 5.21. The standard InChI is InChI=1S/C23H20N4O3S2/c1-17-12-14-18(15-13-17)22-25-26-23(31-22)24-21(28)16-27(19-8-4-2-5-9-19)32(29,30)20-10-6-3-7-11-20/h2-15H,16H2,1H3,(H,24,26,28). The van der Waals surface area contributed by atoms with Gasteiger partial charge in [-0.25, -0.2) is 8.42 Å². The molecule has 0 bridgehead atoms. The summed E-state index contributed by atoms with van der Waals surface area (Å²) in [6, 6.07) is 24.4. The summed E-state index contributed by atoms with van der Waals surface area (Å²) in [5.74, 6) is -0.514. The first-order chi connectivity index (χ1) is 15.4. The number of rotatable bonds is 7. The lowest BCUT2D eigenvalue weighted by Gasteiger charge is -2.23. The van der Waals surface area contributed by atoms with E-state index in [-0.39, 0.29) is 4.90 Å². The normalized spacial score (nSPS) is 11.2. The Morgan fingerprint density at radius 2 is 1.53 bits per heavy atom. The maximum absolute atomic E-state index is 13.3. The predicted octanol–water partition coefficient (Wildman–Crippen LogP) is 4.35. The van der Waals surface area contributed by atoms with Crippen molar-refractivity contribution < 1.29 is 13.2 Å². The van der Waals surface area contributed by atoms with Crippen LogP contribution in [-0.4, -0.2) is 31.1 Å². The number of nitrogens with zero attached hydrogens (tertiary/aromatic N) is 3. The number of amides is 1. The average molecular weight is 465 g/mol. The van der Waals surface area contributed by atoms with Gasteiger partial charge in [-0.3, -0.25) is 14.4 Å². The van der Waals surface area contributed by atoms with E-state index in [0.717, 1.165) is 15.4 Å². The van der Waals surface area contributed by atoms with Gasteiger partial charge in [0.2, 0.25) is 11.0 Å². The first kappa shape index (κ1) is 21.7. The zero-order chi connectivity index (χ0) is 22.6. The lowest BCUT2D eigenvalue weighted by molar-refractivity contribution is -0.114. The van der Waals surface area contributed by atoms with E-state index < -0.39 is 22.5 Å². The van der Waals surface area contributed by atoms with Crippen molar-refractivity contribution in [1.82, 2.24) is 10.2 Å². The van der Waals surface area contributed by atoms with Crippen LogP contribution < -0.4 is 9.62 Å². The minimum atomic E-state index is -3.94. The van der Waals surface area contributed by atoms with E-state index in [1.54, 1.807) is 48.5 Å². The molecule has 0 aliphatic heterocycles. The quantitative estimate of drug-likeness (QED) is 0.439. The molecule has 4 aromatic rings. The molecule has 9 heteroatoms. The van der Waals surface area contributed by atoms with Crippen LogP contribution in [0.5, 0.6) is 0 Å². The molecule has 0 saturated heterocycles. The van der Waals surface area contributed by atoms with Crippen molar-refractivity contribution in [1.29, 1.82) is 0 Å². The van der Waals surface area contributed by atoms with Gasteiger partial charge in [-0.05, 0) is 31.2 Å². The smallest absolute Gasteiger partial charge is 0.264 e. The Balaban J connectivity index is 1.55. The molecule has 0 aliphatic carbocycles. The van der Waals surface area contributed by atoms with Gasteiger partial charge >= 0.3 is 0 Å². The van der Waals surface area contributed by atoms with Crippen LogP contribution in [0.25, 0.3) is 10.6 Å². The first-order valence-electron chi connectivity index (χ1n) is 9.77. The minimum Gasteiger partial charge on any atom is -0.299 e. The Morgan fingerprint density at radius 3 is 2.19 bits per heavy atom. The Hall–Kier alpha value is -3.56. The topological polar surface area (TPSA) is 92.3 Å². The van der Waals surface area contributed by atoms with Crippen molar-refractivity contribution >= 4 is 38.1 Å². The molecule has 1 heterocycles. The highest BCUT2D eigenvalue weighted by Crippen LogP contribution is 2.27. The molecule has 1 amide bonds. The van der Waals surface area contributed by atoms with Gasteiger partial charge < -0.3 is 0 Å². The van der Waals surface area contributed by atoms with Crippen molar-refractivity contribution in [2.75, 3.05) is 16.2 Å². The minimum absolute atomic E-state index is 0.106. The van der Waals surface area contributed by atoms with Crippen LogP contribution >= 0.6 is 11.3 Å². The predicted molar refractivity (Wildman–Crippen MR) is 126 cm³/mol. The molecular formula is C23H20N4O3S2. The van der Waals surface area contributed by atoms with E-state index in [9.17, 15) is 13.2 Å². The summed E-state index contributed by atoms with van der Waals surface area (Å²) in [5, 5.41) is 11.8. The summed E-state index contributed by atoms with van der Waals surface area (Å²) in [6.45, 7) is 1.60. The number of para-hydroxylation sites is 1. The fraction of sp³-hybridized carbons (Fsp3) is 0.0870. The van der Waals surface area contributed by atoms with Crippen LogP contribution in [0.1, 0.15) is 5.56 Å². The third-order valence-corrected chi connectivity index (χ3v) is 7.31. The van der Waals surface area contributed by atoms with E-state index in [4.69, 9.17) is 0 Å². The number of hydrogen-bond donors (Lipinski definition) is 1. The number of aryl methyl sites for hydroxylation is 1. The number of carbonyl (C=O) groups is 1. The molecule has 0 atom stereocenters. The van der Waals surface area contributed by atoms with E-state index in [2.05, 4.69) is 15.5 Å². The van der Waals surface area contributed by atoms with Crippen molar-refractivity contribution in [2.45, 2.75) is 11.8 Å². The maximum Gasteiger partial charge on any atom is 0.264 e. The van der Waals surface area contributed by atoms with Crippen LogP contribution in [0.15, 0.2) is 89.8 Å². The third kappa shape index (κ3) is 4.84. The fourth-order valence-electron chi connectivity index (χ4n) is 3.00. The molecule has 0 spiro atoms. The van der Waals surface area contributed by atoms with Gasteiger partial charge in [0.1, 0.15) is 11.6 Å². The van der Waals surface area contributed by atoms with Gasteiger partial charge in [-0.15, -0.1) is 10.2 Å². The highest BCUT2D eigenvalue weighted by molar-refractivity contribution is 7.92. The molecule has 0 fully saturated rings. The molecule has 0 radical (unpaired) electrons. The summed E-state index contributed by atoms with van der Waals surface area (Å²) in [7, 11) is -3.94. The molecule has 3 aromatic carbocycles. The van der Waals surface area contributed by atoms with Crippen LogP contribution in [-0.2, 0) is 14.8 Å². The van der Waals surface area contributed by atoms with Crippen molar-refractivity contribution in [3.63, 3.8) is 0 Å². The zero-order valence-electron chi connectivity index (χ0n) is 17.2. The number of nitrogens with one attached hydrogen (secondary N) is 1. The van der Waals surface area contributed by atoms with Gasteiger partial charge in [0.25, 0.3) is 10.0 Å². The number of hydrogen-bond acceptors (Lipinski definition) is 6. The summed E-state index contributed by atoms with van der Waals surface area (Å²) >= 11 is 1.22. The highest BCUT2D eigenvalue weighted by atomic mass is 32.2. The second-order valence-corrected chi connectivity index (χ2v) is 9.83.